The summed E-state index contributed by atoms with van der Waals surface area (Å²) in [4.78, 5) is 31.9. The predicted octanol–water partition coefficient (Wildman–Crippen LogP) is 2.98. The van der Waals surface area contributed by atoms with E-state index >= 15 is 0 Å². The molecule has 7 heteroatoms. The average Bonchev–Trinajstić information content (AvgIpc) is 3.07. The molecule has 0 radical (unpaired) electrons. The molecular formula is C24H27ClN4O2. The Kier molecular flexibility index (Phi) is 6.12. The van der Waals surface area contributed by atoms with E-state index in [1.807, 2.05) is 49.4 Å². The summed E-state index contributed by atoms with van der Waals surface area (Å²) < 4.78 is 0. The Balaban J connectivity index is 1.32. The van der Waals surface area contributed by atoms with Crippen LogP contribution < -0.4 is 10.6 Å². The van der Waals surface area contributed by atoms with Gasteiger partial charge in [-0.25, -0.2) is 0 Å². The van der Waals surface area contributed by atoms with E-state index < -0.39 is 5.66 Å². The van der Waals surface area contributed by atoms with E-state index in [4.69, 9.17) is 16.6 Å². The van der Waals surface area contributed by atoms with Crippen LogP contribution in [0.25, 0.3) is 0 Å². The van der Waals surface area contributed by atoms with Crippen molar-refractivity contribution in [1.29, 1.82) is 0 Å². The average molecular weight is 439 g/mol. The molecular weight excluding hydrogens is 412 g/mol. The summed E-state index contributed by atoms with van der Waals surface area (Å²) in [6.07, 6.45) is 1.38. The van der Waals surface area contributed by atoms with Crippen molar-refractivity contribution in [3.8, 4) is 0 Å². The van der Waals surface area contributed by atoms with Gasteiger partial charge in [0.25, 0.3) is 5.91 Å². The molecule has 2 aliphatic heterocycles. The molecule has 0 aromatic heterocycles. The lowest BCUT2D eigenvalue weighted by Gasteiger charge is -2.36. The van der Waals surface area contributed by atoms with Gasteiger partial charge in [0.05, 0.1) is 6.54 Å². The zero-order valence-corrected chi connectivity index (χ0v) is 18.6. The monoisotopic (exact) mass is 438 g/mol. The molecule has 0 unspecified atom stereocenters. The first-order valence-electron chi connectivity index (χ1n) is 10.6. The second-order valence-electron chi connectivity index (χ2n) is 8.42. The minimum absolute atomic E-state index is 0.0133. The summed E-state index contributed by atoms with van der Waals surface area (Å²) in [6, 6.07) is 13.4. The van der Waals surface area contributed by atoms with E-state index in [0.29, 0.717) is 49.8 Å². The molecule has 2 N–H and O–H groups in total. The van der Waals surface area contributed by atoms with Crippen molar-refractivity contribution < 1.29 is 9.59 Å². The van der Waals surface area contributed by atoms with Crippen LogP contribution in [0.5, 0.6) is 0 Å². The molecule has 1 spiro atoms. The van der Waals surface area contributed by atoms with Gasteiger partial charge in [0.15, 0.2) is 0 Å². The van der Waals surface area contributed by atoms with Crippen molar-refractivity contribution in [2.75, 3.05) is 19.6 Å². The lowest BCUT2D eigenvalue weighted by molar-refractivity contribution is -0.123. The number of hydrogen-bond acceptors (Lipinski definition) is 4. The highest BCUT2D eigenvalue weighted by Gasteiger charge is 2.42. The van der Waals surface area contributed by atoms with Crippen molar-refractivity contribution in [2.24, 2.45) is 4.99 Å². The number of halogens is 1. The predicted molar refractivity (Wildman–Crippen MR) is 122 cm³/mol. The van der Waals surface area contributed by atoms with Gasteiger partial charge in [-0.2, -0.15) is 0 Å². The molecule has 6 nitrogen and oxygen atoms in total. The molecule has 31 heavy (non-hydrogen) atoms. The van der Waals surface area contributed by atoms with Crippen LogP contribution in [0, 0.1) is 13.8 Å². The molecule has 2 amide bonds. The van der Waals surface area contributed by atoms with Crippen LogP contribution in [0.3, 0.4) is 0 Å². The standard InChI is InChI=1S/C24H27ClN4O2/c1-16-3-6-19(13-17(16)2)22-23(31)28-24(27-22)9-11-29(12-10-24)15-21(30)26-14-18-4-7-20(25)8-5-18/h3-8,13H,9-12,14-15H2,1-2H3,(H,26,30)(H,28,31). The number of benzene rings is 2. The van der Waals surface area contributed by atoms with Crippen LogP contribution in [0.15, 0.2) is 47.5 Å². The first kappa shape index (κ1) is 21.5. The summed E-state index contributed by atoms with van der Waals surface area (Å²) >= 11 is 5.89. The van der Waals surface area contributed by atoms with Crippen molar-refractivity contribution in [1.82, 2.24) is 15.5 Å². The Morgan fingerprint density at radius 1 is 1.13 bits per heavy atom. The van der Waals surface area contributed by atoms with Crippen molar-refractivity contribution in [2.45, 2.75) is 38.9 Å². The first-order valence-corrected chi connectivity index (χ1v) is 10.9. The van der Waals surface area contributed by atoms with Gasteiger partial charge in [-0.05, 0) is 48.7 Å². The quantitative estimate of drug-likeness (QED) is 0.753. The van der Waals surface area contributed by atoms with E-state index in [9.17, 15) is 9.59 Å². The molecule has 0 saturated carbocycles. The number of rotatable bonds is 5. The third-order valence-electron chi connectivity index (χ3n) is 6.12. The Bertz CT molecular complexity index is 1020. The molecule has 2 aromatic carbocycles. The van der Waals surface area contributed by atoms with Crippen LogP contribution >= 0.6 is 11.6 Å². The Morgan fingerprint density at radius 2 is 1.84 bits per heavy atom. The van der Waals surface area contributed by atoms with Crippen molar-refractivity contribution in [3.63, 3.8) is 0 Å². The van der Waals surface area contributed by atoms with Gasteiger partial charge in [0.1, 0.15) is 11.4 Å². The SMILES string of the molecule is Cc1ccc(C2=NC3(CCN(CC(=O)NCc4ccc(Cl)cc4)CC3)NC2=O)cc1C. The third kappa shape index (κ3) is 4.97. The highest BCUT2D eigenvalue weighted by Crippen LogP contribution is 2.29. The van der Waals surface area contributed by atoms with Gasteiger partial charge in [0, 0.05) is 43.1 Å². The largest absolute Gasteiger partial charge is 0.351 e. The number of nitrogens with one attached hydrogen (secondary N) is 2. The molecule has 0 aliphatic carbocycles. The summed E-state index contributed by atoms with van der Waals surface area (Å²) in [5, 5.41) is 6.73. The fourth-order valence-electron chi connectivity index (χ4n) is 4.03. The molecule has 0 bridgehead atoms. The van der Waals surface area contributed by atoms with Crippen LogP contribution in [0.2, 0.25) is 5.02 Å². The van der Waals surface area contributed by atoms with Crippen LogP contribution in [0.4, 0.5) is 0 Å². The second-order valence-corrected chi connectivity index (χ2v) is 8.86. The van der Waals surface area contributed by atoms with E-state index in [1.165, 1.54) is 5.56 Å². The summed E-state index contributed by atoms with van der Waals surface area (Å²) in [7, 11) is 0. The molecule has 0 atom stereocenters. The highest BCUT2D eigenvalue weighted by molar-refractivity contribution is 6.46. The van der Waals surface area contributed by atoms with Gasteiger partial charge in [0.2, 0.25) is 5.91 Å². The van der Waals surface area contributed by atoms with Crippen LogP contribution in [-0.2, 0) is 16.1 Å². The zero-order chi connectivity index (χ0) is 22.0. The molecule has 162 valence electrons. The van der Waals surface area contributed by atoms with E-state index in [2.05, 4.69) is 22.5 Å². The van der Waals surface area contributed by atoms with Gasteiger partial charge in [-0.1, -0.05) is 35.9 Å². The number of piperidine rings is 1. The smallest absolute Gasteiger partial charge is 0.272 e. The normalized spacial score (nSPS) is 18.0. The molecule has 4 rings (SSSR count). The van der Waals surface area contributed by atoms with Crippen LogP contribution in [0.1, 0.15) is 35.1 Å². The lowest BCUT2D eigenvalue weighted by atomic mass is 9.98. The van der Waals surface area contributed by atoms with Crippen molar-refractivity contribution >= 4 is 29.1 Å². The van der Waals surface area contributed by atoms with E-state index in [0.717, 1.165) is 16.7 Å². The Labute approximate surface area is 187 Å². The number of aryl methyl sites for hydroxylation is 2. The maximum Gasteiger partial charge on any atom is 0.272 e. The van der Waals surface area contributed by atoms with E-state index in [-0.39, 0.29) is 11.8 Å². The number of likely N-dealkylation sites (tertiary alicyclic amines) is 1. The number of carbonyl (C=O) groups excluding carboxylic acids is 2. The highest BCUT2D eigenvalue weighted by atomic mass is 35.5. The van der Waals surface area contributed by atoms with E-state index in [1.54, 1.807) is 0 Å². The summed E-state index contributed by atoms with van der Waals surface area (Å²) in [5.41, 5.74) is 4.17. The molecule has 1 fully saturated rings. The number of nitrogens with zero attached hydrogens (tertiary/aromatic N) is 2. The topological polar surface area (TPSA) is 73.8 Å². The van der Waals surface area contributed by atoms with Gasteiger partial charge in [-0.15, -0.1) is 0 Å². The molecule has 1 saturated heterocycles. The fourth-order valence-corrected chi connectivity index (χ4v) is 4.15. The zero-order valence-electron chi connectivity index (χ0n) is 17.9. The fraction of sp³-hybridized carbons (Fsp3) is 0.375. The third-order valence-corrected chi connectivity index (χ3v) is 6.37. The summed E-state index contributed by atoms with van der Waals surface area (Å²) in [5.74, 6) is -0.127. The number of hydrogen-bond donors (Lipinski definition) is 2. The van der Waals surface area contributed by atoms with Gasteiger partial charge in [-0.3, -0.25) is 19.5 Å². The Morgan fingerprint density at radius 3 is 2.52 bits per heavy atom. The number of aliphatic imine (C=N–C) groups is 1. The van der Waals surface area contributed by atoms with Gasteiger partial charge >= 0.3 is 0 Å². The molecule has 2 aliphatic rings. The number of amides is 2. The van der Waals surface area contributed by atoms with Gasteiger partial charge < -0.3 is 10.6 Å². The molecule has 2 heterocycles. The van der Waals surface area contributed by atoms with Crippen molar-refractivity contribution in [3.05, 3.63) is 69.7 Å². The Hall–Kier alpha value is -2.70. The maximum atomic E-state index is 12.6. The maximum absolute atomic E-state index is 12.6. The summed E-state index contributed by atoms with van der Waals surface area (Å²) in [6.45, 7) is 6.33. The minimum Gasteiger partial charge on any atom is -0.351 e. The second kappa shape index (κ2) is 8.81. The molecule has 2 aromatic rings. The first-order chi connectivity index (χ1) is 14.8. The number of carbonyl (C=O) groups is 2. The minimum atomic E-state index is -0.554. The van der Waals surface area contributed by atoms with Crippen LogP contribution in [-0.4, -0.2) is 47.7 Å². The lowest BCUT2D eigenvalue weighted by Crippen LogP contribution is -2.52.